The molecule has 0 aliphatic heterocycles. The molecule has 4 nitrogen and oxygen atoms in total. The van der Waals surface area contributed by atoms with E-state index in [2.05, 4.69) is 35.6 Å². The number of rotatable bonds is 9. The van der Waals surface area contributed by atoms with Crippen molar-refractivity contribution in [3.8, 4) is 0 Å². The summed E-state index contributed by atoms with van der Waals surface area (Å²) in [5.74, 6) is 0.0197. The van der Waals surface area contributed by atoms with Crippen molar-refractivity contribution in [3.63, 3.8) is 0 Å². The SMILES string of the molecule is CCC(C(=O)NC1CCCCC1)N(Cc1ccccc1)C(=O)CCc1cccc2ccccc12. The molecule has 1 aliphatic carbocycles. The fourth-order valence-electron chi connectivity index (χ4n) is 5.14. The normalized spacial score (nSPS) is 15.1. The van der Waals surface area contributed by atoms with Crippen LogP contribution in [0.1, 0.15) is 63.0 Å². The van der Waals surface area contributed by atoms with Crippen molar-refractivity contribution in [2.75, 3.05) is 0 Å². The van der Waals surface area contributed by atoms with E-state index >= 15 is 0 Å². The van der Waals surface area contributed by atoms with Crippen molar-refractivity contribution >= 4 is 22.6 Å². The van der Waals surface area contributed by atoms with Crippen LogP contribution < -0.4 is 5.32 Å². The molecule has 0 radical (unpaired) electrons. The minimum absolute atomic E-state index is 0.0103. The molecule has 0 bridgehead atoms. The lowest BCUT2D eigenvalue weighted by Crippen LogP contribution is -2.51. The summed E-state index contributed by atoms with van der Waals surface area (Å²) >= 11 is 0. The van der Waals surface area contributed by atoms with Crippen LogP contribution in [0.4, 0.5) is 0 Å². The molecule has 1 unspecified atom stereocenters. The third kappa shape index (κ3) is 6.05. The van der Waals surface area contributed by atoms with Crippen LogP contribution in [-0.2, 0) is 22.6 Å². The molecule has 178 valence electrons. The third-order valence-corrected chi connectivity index (χ3v) is 7.02. The van der Waals surface area contributed by atoms with Gasteiger partial charge in [-0.3, -0.25) is 9.59 Å². The topological polar surface area (TPSA) is 49.4 Å². The average Bonchev–Trinajstić information content (AvgIpc) is 2.88. The number of benzene rings is 3. The van der Waals surface area contributed by atoms with E-state index in [1.54, 1.807) is 4.90 Å². The van der Waals surface area contributed by atoms with Gasteiger partial charge in [-0.1, -0.05) is 99.0 Å². The number of hydrogen-bond donors (Lipinski definition) is 1. The highest BCUT2D eigenvalue weighted by atomic mass is 16.2. The molecule has 3 aromatic rings. The average molecular weight is 457 g/mol. The zero-order valence-electron chi connectivity index (χ0n) is 20.2. The maximum absolute atomic E-state index is 13.6. The summed E-state index contributed by atoms with van der Waals surface area (Å²) in [6, 6.07) is 24.3. The van der Waals surface area contributed by atoms with Gasteiger partial charge >= 0.3 is 0 Å². The lowest BCUT2D eigenvalue weighted by atomic mass is 9.95. The van der Waals surface area contributed by atoms with Crippen molar-refractivity contribution in [3.05, 3.63) is 83.9 Å². The minimum Gasteiger partial charge on any atom is -0.352 e. The molecular weight excluding hydrogens is 420 g/mol. The first-order chi connectivity index (χ1) is 16.7. The predicted octanol–water partition coefficient (Wildman–Crippen LogP) is 6.03. The van der Waals surface area contributed by atoms with Crippen LogP contribution in [0.5, 0.6) is 0 Å². The highest BCUT2D eigenvalue weighted by Gasteiger charge is 2.30. The molecule has 0 heterocycles. The van der Waals surface area contributed by atoms with Crippen LogP contribution >= 0.6 is 0 Å². The van der Waals surface area contributed by atoms with Crippen LogP contribution in [0, 0.1) is 0 Å². The molecule has 3 aromatic carbocycles. The van der Waals surface area contributed by atoms with Gasteiger partial charge in [-0.05, 0) is 47.6 Å². The number of nitrogens with zero attached hydrogens (tertiary/aromatic N) is 1. The molecule has 1 atom stereocenters. The Morgan fingerprint density at radius 2 is 1.62 bits per heavy atom. The number of fused-ring (bicyclic) bond motifs is 1. The molecule has 2 amide bonds. The number of hydrogen-bond acceptors (Lipinski definition) is 2. The van der Waals surface area contributed by atoms with E-state index in [9.17, 15) is 9.59 Å². The lowest BCUT2D eigenvalue weighted by molar-refractivity contribution is -0.141. The van der Waals surface area contributed by atoms with Crippen LogP contribution in [0.25, 0.3) is 10.8 Å². The van der Waals surface area contributed by atoms with Gasteiger partial charge in [0.25, 0.3) is 0 Å². The zero-order valence-corrected chi connectivity index (χ0v) is 20.2. The van der Waals surface area contributed by atoms with Gasteiger partial charge < -0.3 is 10.2 Å². The van der Waals surface area contributed by atoms with Gasteiger partial charge in [0, 0.05) is 19.0 Å². The Labute approximate surface area is 203 Å². The summed E-state index contributed by atoms with van der Waals surface area (Å²) in [5.41, 5.74) is 2.22. The summed E-state index contributed by atoms with van der Waals surface area (Å²) in [6.07, 6.45) is 7.30. The summed E-state index contributed by atoms with van der Waals surface area (Å²) in [6.45, 7) is 2.45. The largest absolute Gasteiger partial charge is 0.352 e. The zero-order chi connectivity index (χ0) is 23.8. The number of carbonyl (C=O) groups is 2. The van der Waals surface area contributed by atoms with Crippen molar-refractivity contribution in [1.82, 2.24) is 10.2 Å². The monoisotopic (exact) mass is 456 g/mol. The Balaban J connectivity index is 1.51. The second-order valence-corrected chi connectivity index (χ2v) is 9.41. The van der Waals surface area contributed by atoms with E-state index in [1.165, 1.54) is 35.6 Å². The van der Waals surface area contributed by atoms with Crippen molar-refractivity contribution in [2.45, 2.75) is 76.9 Å². The Kier molecular flexibility index (Phi) is 8.35. The molecule has 0 saturated heterocycles. The summed E-state index contributed by atoms with van der Waals surface area (Å²) in [7, 11) is 0. The van der Waals surface area contributed by atoms with E-state index in [1.807, 2.05) is 49.4 Å². The molecule has 1 N–H and O–H groups in total. The molecular formula is C30H36N2O2. The van der Waals surface area contributed by atoms with Gasteiger partial charge in [-0.2, -0.15) is 0 Å². The Morgan fingerprint density at radius 1 is 0.912 bits per heavy atom. The number of nitrogens with one attached hydrogen (secondary N) is 1. The van der Waals surface area contributed by atoms with Crippen molar-refractivity contribution in [1.29, 1.82) is 0 Å². The van der Waals surface area contributed by atoms with E-state index in [-0.39, 0.29) is 17.9 Å². The summed E-state index contributed by atoms with van der Waals surface area (Å²) in [4.78, 5) is 28.7. The van der Waals surface area contributed by atoms with Gasteiger partial charge in [0.15, 0.2) is 0 Å². The fourth-order valence-corrected chi connectivity index (χ4v) is 5.14. The number of aryl methyl sites for hydroxylation is 1. The van der Waals surface area contributed by atoms with Gasteiger partial charge in [-0.15, -0.1) is 0 Å². The molecule has 0 aromatic heterocycles. The van der Waals surface area contributed by atoms with Crippen molar-refractivity contribution < 1.29 is 9.59 Å². The Hall–Kier alpha value is -3.14. The summed E-state index contributed by atoms with van der Waals surface area (Å²) < 4.78 is 0. The first kappa shape index (κ1) is 24.0. The maximum atomic E-state index is 13.6. The Morgan fingerprint density at radius 3 is 2.38 bits per heavy atom. The molecule has 1 saturated carbocycles. The number of amides is 2. The molecule has 0 spiro atoms. The van der Waals surface area contributed by atoms with E-state index in [0.29, 0.717) is 25.8 Å². The lowest BCUT2D eigenvalue weighted by Gasteiger charge is -2.33. The molecule has 1 fully saturated rings. The highest BCUT2D eigenvalue weighted by molar-refractivity contribution is 5.89. The quantitative estimate of drug-likeness (QED) is 0.427. The first-order valence-corrected chi connectivity index (χ1v) is 12.8. The van der Waals surface area contributed by atoms with Crippen LogP contribution in [-0.4, -0.2) is 28.8 Å². The summed E-state index contributed by atoms with van der Waals surface area (Å²) in [5, 5.41) is 5.63. The smallest absolute Gasteiger partial charge is 0.243 e. The fraction of sp³-hybridized carbons (Fsp3) is 0.400. The van der Waals surface area contributed by atoms with E-state index < -0.39 is 6.04 Å². The van der Waals surface area contributed by atoms with Gasteiger partial charge in [0.1, 0.15) is 6.04 Å². The Bertz CT molecular complexity index is 1080. The first-order valence-electron chi connectivity index (χ1n) is 12.8. The second-order valence-electron chi connectivity index (χ2n) is 9.41. The van der Waals surface area contributed by atoms with E-state index in [0.717, 1.165) is 18.4 Å². The standard InChI is InChI=1S/C30H36N2O2/c1-2-28(30(34)31-26-17-7-4-8-18-26)32(22-23-12-5-3-6-13-23)29(33)21-20-25-16-11-15-24-14-9-10-19-27(24)25/h3,5-6,9-16,19,26,28H,2,4,7-8,17-18,20-22H2,1H3,(H,31,34). The van der Waals surface area contributed by atoms with Gasteiger partial charge in [0.05, 0.1) is 0 Å². The van der Waals surface area contributed by atoms with Crippen molar-refractivity contribution in [2.24, 2.45) is 0 Å². The van der Waals surface area contributed by atoms with Crippen LogP contribution in [0.3, 0.4) is 0 Å². The van der Waals surface area contributed by atoms with Crippen LogP contribution in [0.2, 0.25) is 0 Å². The van der Waals surface area contributed by atoms with Gasteiger partial charge in [-0.25, -0.2) is 0 Å². The minimum atomic E-state index is -0.456. The second kappa shape index (κ2) is 11.8. The molecule has 4 heteroatoms. The van der Waals surface area contributed by atoms with Gasteiger partial charge in [0.2, 0.25) is 11.8 Å². The molecule has 4 rings (SSSR count). The molecule has 1 aliphatic rings. The molecule has 34 heavy (non-hydrogen) atoms. The predicted molar refractivity (Wildman–Crippen MR) is 138 cm³/mol. The van der Waals surface area contributed by atoms with E-state index in [4.69, 9.17) is 0 Å². The van der Waals surface area contributed by atoms with Crippen LogP contribution in [0.15, 0.2) is 72.8 Å². The third-order valence-electron chi connectivity index (χ3n) is 7.02. The maximum Gasteiger partial charge on any atom is 0.243 e. The number of carbonyl (C=O) groups excluding carboxylic acids is 2. The highest BCUT2D eigenvalue weighted by Crippen LogP contribution is 2.22.